The monoisotopic (exact) mass is 386 g/mol. The number of aromatic nitrogens is 1. The highest BCUT2D eigenvalue weighted by Gasteiger charge is 2.08. The van der Waals surface area contributed by atoms with E-state index in [2.05, 4.69) is 9.98 Å². The highest BCUT2D eigenvalue weighted by molar-refractivity contribution is 6.35. The average molecular weight is 387 g/mol. The minimum atomic E-state index is 0.315. The molecule has 0 aliphatic carbocycles. The Morgan fingerprint density at radius 3 is 2.69 bits per heavy atom. The van der Waals surface area contributed by atoms with Crippen LogP contribution in [0.3, 0.4) is 0 Å². The number of rotatable bonds is 6. The second-order valence-corrected chi connectivity index (χ2v) is 6.25. The van der Waals surface area contributed by atoms with Gasteiger partial charge in [0.05, 0.1) is 19.0 Å². The fourth-order valence-electron chi connectivity index (χ4n) is 2.26. The van der Waals surface area contributed by atoms with Crippen molar-refractivity contribution in [3.8, 4) is 11.5 Å². The number of ether oxygens (including phenoxy) is 2. The van der Waals surface area contributed by atoms with Crippen LogP contribution in [0.5, 0.6) is 11.5 Å². The Labute approximate surface area is 162 Å². The fourth-order valence-corrected chi connectivity index (χ4v) is 2.72. The molecule has 0 saturated heterocycles. The van der Waals surface area contributed by atoms with Gasteiger partial charge in [0.1, 0.15) is 6.61 Å². The summed E-state index contributed by atoms with van der Waals surface area (Å²) in [6, 6.07) is 14.6. The SMILES string of the molecule is COc1cc(C=Nc2cccnc2)ccc1OCc1ccc(Cl)cc1Cl. The highest BCUT2D eigenvalue weighted by Crippen LogP contribution is 2.30. The van der Waals surface area contributed by atoms with Crippen molar-refractivity contribution in [2.45, 2.75) is 6.61 Å². The summed E-state index contributed by atoms with van der Waals surface area (Å²) in [6.07, 6.45) is 5.15. The molecule has 0 radical (unpaired) electrons. The number of methoxy groups -OCH3 is 1. The van der Waals surface area contributed by atoms with Crippen molar-refractivity contribution >= 4 is 35.1 Å². The number of nitrogens with zero attached hydrogens (tertiary/aromatic N) is 2. The number of hydrogen-bond acceptors (Lipinski definition) is 4. The Balaban J connectivity index is 1.73. The summed E-state index contributed by atoms with van der Waals surface area (Å²) in [6.45, 7) is 0.315. The van der Waals surface area contributed by atoms with E-state index in [0.29, 0.717) is 28.2 Å². The summed E-state index contributed by atoms with van der Waals surface area (Å²) >= 11 is 12.1. The van der Waals surface area contributed by atoms with Crippen molar-refractivity contribution < 1.29 is 9.47 Å². The molecule has 26 heavy (non-hydrogen) atoms. The van der Waals surface area contributed by atoms with E-state index in [1.807, 2.05) is 36.4 Å². The van der Waals surface area contributed by atoms with Crippen molar-refractivity contribution in [3.63, 3.8) is 0 Å². The van der Waals surface area contributed by atoms with Gasteiger partial charge in [-0.05, 0) is 48.0 Å². The summed E-state index contributed by atoms with van der Waals surface area (Å²) in [5.74, 6) is 1.24. The summed E-state index contributed by atoms with van der Waals surface area (Å²) < 4.78 is 11.3. The molecule has 0 bridgehead atoms. The molecule has 3 aromatic rings. The first-order chi connectivity index (χ1) is 12.7. The maximum absolute atomic E-state index is 6.18. The number of benzene rings is 2. The summed E-state index contributed by atoms with van der Waals surface area (Å²) in [5.41, 5.74) is 2.52. The van der Waals surface area contributed by atoms with Crippen molar-refractivity contribution in [2.24, 2.45) is 4.99 Å². The molecule has 3 rings (SSSR count). The largest absolute Gasteiger partial charge is 0.493 e. The molecule has 0 atom stereocenters. The standard InChI is InChI=1S/C20H16Cl2N2O2/c1-25-20-9-14(11-24-17-3-2-8-23-12-17)4-7-19(20)26-13-15-5-6-16(21)10-18(15)22/h2-12H,13H2,1H3. The van der Waals surface area contributed by atoms with Crippen molar-refractivity contribution in [1.82, 2.24) is 4.98 Å². The molecular weight excluding hydrogens is 371 g/mol. The number of aliphatic imine (C=N–C) groups is 1. The van der Waals surface area contributed by atoms with Crippen LogP contribution in [0.4, 0.5) is 5.69 Å². The lowest BCUT2D eigenvalue weighted by atomic mass is 10.2. The molecule has 132 valence electrons. The molecule has 1 aromatic heterocycles. The minimum absolute atomic E-state index is 0.315. The Bertz CT molecular complexity index is 915. The van der Waals surface area contributed by atoms with Crippen LogP contribution in [0.1, 0.15) is 11.1 Å². The van der Waals surface area contributed by atoms with Crippen LogP contribution in [0.15, 0.2) is 65.9 Å². The molecule has 0 fully saturated rings. The predicted molar refractivity (Wildman–Crippen MR) is 105 cm³/mol. The van der Waals surface area contributed by atoms with Gasteiger partial charge in [-0.15, -0.1) is 0 Å². The number of pyridine rings is 1. The molecule has 0 spiro atoms. The second-order valence-electron chi connectivity index (χ2n) is 5.40. The van der Waals surface area contributed by atoms with Gasteiger partial charge >= 0.3 is 0 Å². The van der Waals surface area contributed by atoms with Gasteiger partial charge < -0.3 is 9.47 Å². The first-order valence-electron chi connectivity index (χ1n) is 7.84. The van der Waals surface area contributed by atoms with E-state index in [9.17, 15) is 0 Å². The first kappa shape index (κ1) is 18.2. The summed E-state index contributed by atoms with van der Waals surface area (Å²) in [5, 5.41) is 1.16. The van der Waals surface area contributed by atoms with Crippen LogP contribution < -0.4 is 9.47 Å². The van der Waals surface area contributed by atoms with E-state index in [4.69, 9.17) is 32.7 Å². The van der Waals surface area contributed by atoms with Gasteiger partial charge in [-0.25, -0.2) is 0 Å². The lowest BCUT2D eigenvalue weighted by Crippen LogP contribution is -1.99. The zero-order valence-corrected chi connectivity index (χ0v) is 15.5. The van der Waals surface area contributed by atoms with Crippen LogP contribution in [-0.2, 0) is 6.61 Å². The summed E-state index contributed by atoms with van der Waals surface area (Å²) in [4.78, 5) is 8.41. The van der Waals surface area contributed by atoms with Gasteiger partial charge in [0.2, 0.25) is 0 Å². The molecule has 0 saturated carbocycles. The zero-order chi connectivity index (χ0) is 18.4. The van der Waals surface area contributed by atoms with Gasteiger partial charge in [0.25, 0.3) is 0 Å². The minimum Gasteiger partial charge on any atom is -0.493 e. The van der Waals surface area contributed by atoms with E-state index >= 15 is 0 Å². The molecule has 1 heterocycles. The molecular formula is C20H16Cl2N2O2. The highest BCUT2D eigenvalue weighted by atomic mass is 35.5. The Hall–Kier alpha value is -2.56. The average Bonchev–Trinajstić information content (AvgIpc) is 2.67. The van der Waals surface area contributed by atoms with Crippen LogP contribution in [0.25, 0.3) is 0 Å². The van der Waals surface area contributed by atoms with Crippen LogP contribution in [-0.4, -0.2) is 18.3 Å². The Morgan fingerprint density at radius 1 is 1.08 bits per heavy atom. The third kappa shape index (κ3) is 4.75. The third-order valence-electron chi connectivity index (χ3n) is 3.59. The van der Waals surface area contributed by atoms with Crippen LogP contribution in [0.2, 0.25) is 10.0 Å². The lowest BCUT2D eigenvalue weighted by Gasteiger charge is -2.12. The molecule has 0 unspecified atom stereocenters. The first-order valence-corrected chi connectivity index (χ1v) is 8.60. The molecule has 0 N–H and O–H groups in total. The van der Waals surface area contributed by atoms with E-state index in [1.165, 1.54) is 0 Å². The zero-order valence-electron chi connectivity index (χ0n) is 14.0. The normalized spacial score (nSPS) is 10.9. The van der Waals surface area contributed by atoms with E-state index in [-0.39, 0.29) is 0 Å². The lowest BCUT2D eigenvalue weighted by molar-refractivity contribution is 0.284. The van der Waals surface area contributed by atoms with Gasteiger partial charge in [-0.3, -0.25) is 9.98 Å². The second kappa shape index (κ2) is 8.70. The summed E-state index contributed by atoms with van der Waals surface area (Å²) in [7, 11) is 1.60. The van der Waals surface area contributed by atoms with Crippen LogP contribution in [0, 0.1) is 0 Å². The third-order valence-corrected chi connectivity index (χ3v) is 4.18. The van der Waals surface area contributed by atoms with E-state index < -0.39 is 0 Å². The molecule has 0 aliphatic rings. The van der Waals surface area contributed by atoms with Crippen molar-refractivity contribution in [2.75, 3.05) is 7.11 Å². The Morgan fingerprint density at radius 2 is 1.96 bits per heavy atom. The fraction of sp³-hybridized carbons (Fsp3) is 0.100. The predicted octanol–water partition coefficient (Wildman–Crippen LogP) is 5.73. The number of hydrogen-bond donors (Lipinski definition) is 0. The molecule has 2 aromatic carbocycles. The maximum atomic E-state index is 6.18. The van der Waals surface area contributed by atoms with Gasteiger partial charge in [-0.2, -0.15) is 0 Å². The van der Waals surface area contributed by atoms with E-state index in [0.717, 1.165) is 16.8 Å². The van der Waals surface area contributed by atoms with Gasteiger partial charge in [0, 0.05) is 28.0 Å². The van der Waals surface area contributed by atoms with Crippen molar-refractivity contribution in [1.29, 1.82) is 0 Å². The molecule has 4 nitrogen and oxygen atoms in total. The van der Waals surface area contributed by atoms with E-state index in [1.54, 1.807) is 37.9 Å². The number of halogens is 2. The molecule has 6 heteroatoms. The van der Waals surface area contributed by atoms with Gasteiger partial charge in [-0.1, -0.05) is 29.3 Å². The molecule has 0 aliphatic heterocycles. The van der Waals surface area contributed by atoms with Gasteiger partial charge in [0.15, 0.2) is 11.5 Å². The molecule has 0 amide bonds. The maximum Gasteiger partial charge on any atom is 0.161 e. The quantitative estimate of drug-likeness (QED) is 0.508. The topological polar surface area (TPSA) is 43.7 Å². The van der Waals surface area contributed by atoms with Crippen LogP contribution >= 0.6 is 23.2 Å². The smallest absolute Gasteiger partial charge is 0.161 e. The Kier molecular flexibility index (Phi) is 6.10. The van der Waals surface area contributed by atoms with Crippen molar-refractivity contribution in [3.05, 3.63) is 82.1 Å².